The normalized spacial score (nSPS) is 23.5. The van der Waals surface area contributed by atoms with Gasteiger partial charge in [0, 0.05) is 24.7 Å². The van der Waals surface area contributed by atoms with Gasteiger partial charge < -0.3 is 10.1 Å². The molecule has 2 rings (SSSR count). The van der Waals surface area contributed by atoms with Crippen molar-refractivity contribution in [1.29, 1.82) is 0 Å². The van der Waals surface area contributed by atoms with Gasteiger partial charge in [0.15, 0.2) is 0 Å². The molecule has 128 valence electrons. The monoisotopic (exact) mass is 326 g/mol. The molecule has 1 aliphatic rings. The molecule has 1 heterocycles. The molecule has 4 nitrogen and oxygen atoms in total. The fraction of sp³-hybridized carbons (Fsp3) is 0.588. The van der Waals surface area contributed by atoms with Crippen LogP contribution in [-0.2, 0) is 16.0 Å². The second-order valence-electron chi connectivity index (χ2n) is 6.32. The van der Waals surface area contributed by atoms with Crippen molar-refractivity contribution in [3.63, 3.8) is 0 Å². The van der Waals surface area contributed by atoms with Gasteiger partial charge in [-0.05, 0) is 39.3 Å². The molecule has 1 aliphatic heterocycles. The molecule has 0 saturated carbocycles. The lowest BCUT2D eigenvalue weighted by Crippen LogP contribution is -2.50. The zero-order chi connectivity index (χ0) is 17.0. The van der Waals surface area contributed by atoms with Crippen LogP contribution in [0.15, 0.2) is 18.2 Å². The molecule has 1 fully saturated rings. The largest absolute Gasteiger partial charge is 0.373 e. The fourth-order valence-electron chi connectivity index (χ4n) is 3.02. The lowest BCUT2D eigenvalue weighted by Gasteiger charge is -2.35. The van der Waals surface area contributed by atoms with E-state index >= 15 is 0 Å². The quantitative estimate of drug-likeness (QED) is 0.901. The predicted octanol–water partition coefficient (Wildman–Crippen LogP) is 2.12. The van der Waals surface area contributed by atoms with Gasteiger partial charge in [0.1, 0.15) is 11.6 Å². The molecule has 1 aromatic carbocycles. The molecule has 0 radical (unpaired) electrons. The van der Waals surface area contributed by atoms with E-state index in [9.17, 15) is 13.6 Å². The van der Waals surface area contributed by atoms with Crippen molar-refractivity contribution in [3.8, 4) is 0 Å². The molecule has 1 amide bonds. The van der Waals surface area contributed by atoms with E-state index in [-0.39, 0.29) is 42.7 Å². The SMILES string of the molecule is CC(Cc1c(F)cccc1F)NC(=O)CN1CC(C)OC(C)C1. The number of halogens is 2. The first-order valence-corrected chi connectivity index (χ1v) is 7.95. The highest BCUT2D eigenvalue weighted by Crippen LogP contribution is 2.14. The molecule has 0 spiro atoms. The summed E-state index contributed by atoms with van der Waals surface area (Å²) in [6, 6.07) is 3.44. The van der Waals surface area contributed by atoms with Crippen LogP contribution in [0.4, 0.5) is 8.78 Å². The van der Waals surface area contributed by atoms with Crippen LogP contribution in [0.3, 0.4) is 0 Å². The van der Waals surface area contributed by atoms with E-state index in [1.165, 1.54) is 18.2 Å². The van der Waals surface area contributed by atoms with Crippen molar-refractivity contribution in [2.75, 3.05) is 19.6 Å². The molecule has 0 aromatic heterocycles. The number of carbonyl (C=O) groups is 1. The Morgan fingerprint density at radius 3 is 2.43 bits per heavy atom. The minimum atomic E-state index is -0.582. The minimum absolute atomic E-state index is 0.00826. The number of carbonyl (C=O) groups excluding carboxylic acids is 1. The van der Waals surface area contributed by atoms with Crippen molar-refractivity contribution < 1.29 is 18.3 Å². The van der Waals surface area contributed by atoms with Gasteiger partial charge in [-0.15, -0.1) is 0 Å². The smallest absolute Gasteiger partial charge is 0.234 e. The van der Waals surface area contributed by atoms with Crippen LogP contribution in [0, 0.1) is 11.6 Å². The molecule has 1 saturated heterocycles. The average molecular weight is 326 g/mol. The molecule has 6 heteroatoms. The molecule has 0 bridgehead atoms. The number of rotatable bonds is 5. The number of ether oxygens (including phenoxy) is 1. The predicted molar refractivity (Wildman–Crippen MR) is 84.1 cm³/mol. The fourth-order valence-corrected chi connectivity index (χ4v) is 3.02. The van der Waals surface area contributed by atoms with E-state index in [1.54, 1.807) is 6.92 Å². The highest BCUT2D eigenvalue weighted by molar-refractivity contribution is 5.78. The van der Waals surface area contributed by atoms with Gasteiger partial charge in [0.05, 0.1) is 18.8 Å². The number of nitrogens with one attached hydrogen (secondary N) is 1. The van der Waals surface area contributed by atoms with Crippen molar-refractivity contribution in [1.82, 2.24) is 10.2 Å². The van der Waals surface area contributed by atoms with Crippen LogP contribution in [0.1, 0.15) is 26.3 Å². The molecule has 1 aromatic rings. The Morgan fingerprint density at radius 1 is 1.30 bits per heavy atom. The van der Waals surface area contributed by atoms with Gasteiger partial charge in [-0.1, -0.05) is 6.07 Å². The summed E-state index contributed by atoms with van der Waals surface area (Å²) in [5, 5.41) is 2.81. The van der Waals surface area contributed by atoms with Crippen molar-refractivity contribution in [2.45, 2.75) is 45.4 Å². The van der Waals surface area contributed by atoms with Crippen LogP contribution in [0.2, 0.25) is 0 Å². The van der Waals surface area contributed by atoms with E-state index in [4.69, 9.17) is 4.74 Å². The zero-order valence-corrected chi connectivity index (χ0v) is 13.8. The maximum atomic E-state index is 13.6. The standard InChI is InChI=1S/C17H24F2N2O2/c1-11(7-14-15(18)5-4-6-16(14)19)20-17(22)10-21-8-12(2)23-13(3)9-21/h4-6,11-13H,7-10H2,1-3H3,(H,20,22). The third-order valence-corrected chi connectivity index (χ3v) is 3.84. The number of hydrogen-bond donors (Lipinski definition) is 1. The second-order valence-corrected chi connectivity index (χ2v) is 6.32. The molecular weight excluding hydrogens is 302 g/mol. The van der Waals surface area contributed by atoms with E-state index < -0.39 is 11.6 Å². The van der Waals surface area contributed by atoms with Crippen LogP contribution in [0.25, 0.3) is 0 Å². The van der Waals surface area contributed by atoms with Crippen LogP contribution < -0.4 is 5.32 Å². The van der Waals surface area contributed by atoms with Gasteiger partial charge in [-0.2, -0.15) is 0 Å². The van der Waals surface area contributed by atoms with E-state index in [0.717, 1.165) is 0 Å². The first-order chi connectivity index (χ1) is 10.8. The van der Waals surface area contributed by atoms with Crippen molar-refractivity contribution in [3.05, 3.63) is 35.4 Å². The Morgan fingerprint density at radius 2 is 1.87 bits per heavy atom. The van der Waals surface area contributed by atoms with E-state index in [0.29, 0.717) is 13.1 Å². The highest BCUT2D eigenvalue weighted by atomic mass is 19.1. The topological polar surface area (TPSA) is 41.6 Å². The first kappa shape index (κ1) is 17.8. The molecule has 23 heavy (non-hydrogen) atoms. The molecular formula is C17H24F2N2O2. The Kier molecular flexibility index (Phi) is 6.07. The summed E-state index contributed by atoms with van der Waals surface area (Å²) in [4.78, 5) is 14.1. The lowest BCUT2D eigenvalue weighted by molar-refractivity contribution is -0.126. The summed E-state index contributed by atoms with van der Waals surface area (Å²) < 4.78 is 32.9. The first-order valence-electron chi connectivity index (χ1n) is 7.95. The van der Waals surface area contributed by atoms with E-state index in [1.807, 2.05) is 18.7 Å². The van der Waals surface area contributed by atoms with Crippen molar-refractivity contribution >= 4 is 5.91 Å². The van der Waals surface area contributed by atoms with Crippen LogP contribution in [0.5, 0.6) is 0 Å². The Bertz CT molecular complexity index is 523. The second kappa shape index (κ2) is 7.84. The van der Waals surface area contributed by atoms with Crippen molar-refractivity contribution in [2.24, 2.45) is 0 Å². The number of benzene rings is 1. The summed E-state index contributed by atoms with van der Waals surface area (Å²) in [6.07, 6.45) is 0.313. The number of nitrogens with zero attached hydrogens (tertiary/aromatic N) is 1. The summed E-state index contributed by atoms with van der Waals surface area (Å²) in [7, 11) is 0. The van der Waals surface area contributed by atoms with Crippen LogP contribution >= 0.6 is 0 Å². The Balaban J connectivity index is 1.85. The van der Waals surface area contributed by atoms with Gasteiger partial charge >= 0.3 is 0 Å². The Hall–Kier alpha value is -1.53. The Labute approximate surface area is 135 Å². The summed E-state index contributed by atoms with van der Waals surface area (Å²) in [6.45, 7) is 7.37. The molecule has 0 aliphatic carbocycles. The van der Waals surface area contributed by atoms with Gasteiger partial charge in [-0.25, -0.2) is 8.78 Å². The highest BCUT2D eigenvalue weighted by Gasteiger charge is 2.24. The third kappa shape index (κ3) is 5.25. The average Bonchev–Trinajstić information content (AvgIpc) is 2.41. The zero-order valence-electron chi connectivity index (χ0n) is 13.8. The summed E-state index contributed by atoms with van der Waals surface area (Å²) in [5.74, 6) is -1.31. The molecule has 3 atom stereocenters. The lowest BCUT2D eigenvalue weighted by atomic mass is 10.1. The number of morpholine rings is 1. The molecule has 1 N–H and O–H groups in total. The third-order valence-electron chi connectivity index (χ3n) is 3.84. The van der Waals surface area contributed by atoms with Gasteiger partial charge in [0.25, 0.3) is 0 Å². The summed E-state index contributed by atoms with van der Waals surface area (Å²) >= 11 is 0. The summed E-state index contributed by atoms with van der Waals surface area (Å²) in [5.41, 5.74) is 0.00826. The van der Waals surface area contributed by atoms with Gasteiger partial charge in [0.2, 0.25) is 5.91 Å². The number of hydrogen-bond acceptors (Lipinski definition) is 3. The van der Waals surface area contributed by atoms with Crippen LogP contribution in [-0.4, -0.2) is 48.7 Å². The van der Waals surface area contributed by atoms with E-state index in [2.05, 4.69) is 5.32 Å². The maximum Gasteiger partial charge on any atom is 0.234 e. The molecule has 3 unspecified atom stereocenters. The number of amides is 1. The minimum Gasteiger partial charge on any atom is -0.373 e. The van der Waals surface area contributed by atoms with Gasteiger partial charge in [-0.3, -0.25) is 9.69 Å². The maximum absolute atomic E-state index is 13.6.